The molecule has 0 aliphatic carbocycles. The van der Waals surface area contributed by atoms with Gasteiger partial charge in [-0.15, -0.1) is 0 Å². The number of nitrogens with two attached hydrogens (primary N) is 1. The number of nitro benzene ring substituents is 1. The zero-order valence-corrected chi connectivity index (χ0v) is 12.0. The zero-order valence-electron chi connectivity index (χ0n) is 11.2. The molecular weight excluding hydrogens is 298 g/mol. The number of carbonyl (C=O) groups is 1. The lowest BCUT2D eigenvalue weighted by molar-refractivity contribution is -0.384. The fraction of sp³-hybridized carbons (Fsp3) is 0.167. The normalized spacial score (nSPS) is 10.2. The Balaban J connectivity index is 2.51. The summed E-state index contributed by atoms with van der Waals surface area (Å²) in [6, 6.07) is 4.11. The number of thiazole rings is 1. The van der Waals surface area contributed by atoms with Crippen LogP contribution in [0, 0.1) is 10.1 Å². The topological polar surface area (TPSA) is 118 Å². The van der Waals surface area contributed by atoms with Crippen molar-refractivity contribution in [2.75, 3.05) is 20.0 Å². The summed E-state index contributed by atoms with van der Waals surface area (Å²) in [5, 5.41) is 11.4. The second-order valence-electron chi connectivity index (χ2n) is 3.87. The number of aromatic nitrogens is 1. The van der Waals surface area contributed by atoms with Crippen molar-refractivity contribution in [1.82, 2.24) is 4.98 Å². The van der Waals surface area contributed by atoms with Gasteiger partial charge in [0.2, 0.25) is 0 Å². The van der Waals surface area contributed by atoms with Crippen LogP contribution in [0.25, 0.3) is 10.6 Å². The van der Waals surface area contributed by atoms with Crippen molar-refractivity contribution in [2.45, 2.75) is 0 Å². The Morgan fingerprint density at radius 2 is 2.14 bits per heavy atom. The average Bonchev–Trinajstić information content (AvgIpc) is 2.87. The Kier molecular flexibility index (Phi) is 4.03. The molecular formula is C12H11N3O5S. The summed E-state index contributed by atoms with van der Waals surface area (Å²) in [5.41, 5.74) is 6.15. The summed E-state index contributed by atoms with van der Waals surface area (Å²) >= 11 is 1.07. The largest absolute Gasteiger partial charge is 0.496 e. The summed E-state index contributed by atoms with van der Waals surface area (Å²) in [7, 11) is 2.62. The van der Waals surface area contributed by atoms with Crippen LogP contribution in [0.2, 0.25) is 0 Å². The fourth-order valence-electron chi connectivity index (χ4n) is 1.66. The van der Waals surface area contributed by atoms with Crippen LogP contribution in [0.1, 0.15) is 10.5 Å². The monoisotopic (exact) mass is 309 g/mol. The van der Waals surface area contributed by atoms with E-state index in [-0.39, 0.29) is 22.1 Å². The minimum atomic E-state index is -0.643. The SMILES string of the molecule is COC(=O)c1nc(-c2ccc([N+](=O)[O-])cc2OC)sc1N. The van der Waals surface area contributed by atoms with Crippen molar-refractivity contribution < 1.29 is 19.2 Å². The first kappa shape index (κ1) is 14.7. The van der Waals surface area contributed by atoms with Crippen LogP contribution in [0.5, 0.6) is 5.75 Å². The minimum Gasteiger partial charge on any atom is -0.496 e. The lowest BCUT2D eigenvalue weighted by Crippen LogP contribution is -2.04. The number of nitro groups is 1. The van der Waals surface area contributed by atoms with E-state index in [1.807, 2.05) is 0 Å². The molecule has 0 amide bonds. The van der Waals surface area contributed by atoms with E-state index in [0.29, 0.717) is 10.6 Å². The number of benzene rings is 1. The van der Waals surface area contributed by atoms with Crippen LogP contribution in [0.4, 0.5) is 10.7 Å². The summed E-state index contributed by atoms with van der Waals surface area (Å²) in [5.74, 6) is -0.370. The highest BCUT2D eigenvalue weighted by Gasteiger charge is 2.20. The van der Waals surface area contributed by atoms with E-state index in [9.17, 15) is 14.9 Å². The van der Waals surface area contributed by atoms with E-state index in [0.717, 1.165) is 11.3 Å². The Bertz CT molecular complexity index is 713. The molecule has 0 aliphatic rings. The molecule has 0 atom stereocenters. The molecule has 0 unspecified atom stereocenters. The van der Waals surface area contributed by atoms with Gasteiger partial charge in [0, 0.05) is 6.07 Å². The summed E-state index contributed by atoms with van der Waals surface area (Å²) < 4.78 is 9.71. The van der Waals surface area contributed by atoms with E-state index < -0.39 is 10.9 Å². The van der Waals surface area contributed by atoms with Crippen molar-refractivity contribution in [3.8, 4) is 16.3 Å². The molecule has 21 heavy (non-hydrogen) atoms. The third kappa shape index (κ3) is 2.77. The summed E-state index contributed by atoms with van der Waals surface area (Å²) in [4.78, 5) is 25.8. The zero-order chi connectivity index (χ0) is 15.6. The Morgan fingerprint density at radius 1 is 1.43 bits per heavy atom. The maximum absolute atomic E-state index is 11.5. The van der Waals surface area contributed by atoms with Gasteiger partial charge in [0.25, 0.3) is 5.69 Å². The first-order valence-electron chi connectivity index (χ1n) is 5.65. The molecule has 0 saturated heterocycles. The van der Waals surface area contributed by atoms with E-state index in [2.05, 4.69) is 9.72 Å². The lowest BCUT2D eigenvalue weighted by Gasteiger charge is -2.05. The summed E-state index contributed by atoms with van der Waals surface area (Å²) in [6.07, 6.45) is 0. The molecule has 2 aromatic rings. The van der Waals surface area contributed by atoms with Crippen LogP contribution < -0.4 is 10.5 Å². The van der Waals surface area contributed by atoms with Crippen molar-refractivity contribution in [1.29, 1.82) is 0 Å². The Morgan fingerprint density at radius 3 is 2.71 bits per heavy atom. The van der Waals surface area contributed by atoms with Crippen LogP contribution in [0.3, 0.4) is 0 Å². The molecule has 2 N–H and O–H groups in total. The van der Waals surface area contributed by atoms with E-state index in [4.69, 9.17) is 10.5 Å². The van der Waals surface area contributed by atoms with Gasteiger partial charge in [-0.05, 0) is 6.07 Å². The molecule has 0 spiro atoms. The lowest BCUT2D eigenvalue weighted by atomic mass is 10.2. The van der Waals surface area contributed by atoms with Gasteiger partial charge in [0.05, 0.1) is 30.8 Å². The summed E-state index contributed by atoms with van der Waals surface area (Å²) in [6.45, 7) is 0. The molecule has 1 aromatic carbocycles. The fourth-order valence-corrected chi connectivity index (χ4v) is 2.51. The maximum Gasteiger partial charge on any atom is 0.359 e. The highest BCUT2D eigenvalue weighted by Crippen LogP contribution is 2.37. The molecule has 0 bridgehead atoms. The molecule has 0 aliphatic heterocycles. The van der Waals surface area contributed by atoms with Crippen molar-refractivity contribution >= 4 is 28.0 Å². The molecule has 1 aromatic heterocycles. The Labute approximate surface area is 123 Å². The van der Waals surface area contributed by atoms with Crippen LogP contribution >= 0.6 is 11.3 Å². The predicted octanol–water partition coefficient (Wildman–Crippen LogP) is 2.10. The first-order chi connectivity index (χ1) is 9.97. The molecule has 0 saturated carbocycles. The van der Waals surface area contributed by atoms with E-state index in [1.165, 1.54) is 32.4 Å². The molecule has 0 radical (unpaired) electrons. The number of hydrogen-bond donors (Lipinski definition) is 1. The molecule has 9 heteroatoms. The third-order valence-corrected chi connectivity index (χ3v) is 3.58. The van der Waals surface area contributed by atoms with Crippen molar-refractivity contribution in [3.63, 3.8) is 0 Å². The second kappa shape index (κ2) is 5.75. The van der Waals surface area contributed by atoms with Gasteiger partial charge in [-0.25, -0.2) is 9.78 Å². The number of methoxy groups -OCH3 is 2. The smallest absolute Gasteiger partial charge is 0.359 e. The van der Waals surface area contributed by atoms with Crippen LogP contribution in [0.15, 0.2) is 18.2 Å². The van der Waals surface area contributed by atoms with Gasteiger partial charge in [0.15, 0.2) is 5.69 Å². The van der Waals surface area contributed by atoms with Crippen molar-refractivity contribution in [3.05, 3.63) is 34.0 Å². The molecule has 0 fully saturated rings. The number of ether oxygens (including phenoxy) is 2. The van der Waals surface area contributed by atoms with Gasteiger partial charge in [0.1, 0.15) is 15.8 Å². The van der Waals surface area contributed by atoms with Crippen LogP contribution in [-0.4, -0.2) is 30.1 Å². The minimum absolute atomic E-state index is 0.0119. The van der Waals surface area contributed by atoms with Crippen molar-refractivity contribution in [2.24, 2.45) is 0 Å². The molecule has 110 valence electrons. The van der Waals surface area contributed by atoms with Gasteiger partial charge >= 0.3 is 5.97 Å². The Hall–Kier alpha value is -2.68. The van der Waals surface area contributed by atoms with E-state index in [1.54, 1.807) is 0 Å². The van der Waals surface area contributed by atoms with E-state index >= 15 is 0 Å². The third-order valence-electron chi connectivity index (χ3n) is 2.66. The highest BCUT2D eigenvalue weighted by molar-refractivity contribution is 7.19. The van der Waals surface area contributed by atoms with Crippen LogP contribution in [-0.2, 0) is 4.74 Å². The standard InChI is InChI=1S/C12H11N3O5S/c1-19-8-5-6(15(17)18)3-4-7(8)11-14-9(10(13)21-11)12(16)20-2/h3-5H,13H2,1-2H3. The number of carbonyl (C=O) groups excluding carboxylic acids is 1. The first-order valence-corrected chi connectivity index (χ1v) is 6.47. The molecule has 8 nitrogen and oxygen atoms in total. The van der Waals surface area contributed by atoms with Gasteiger partial charge in [-0.3, -0.25) is 10.1 Å². The highest BCUT2D eigenvalue weighted by atomic mass is 32.1. The second-order valence-corrected chi connectivity index (χ2v) is 4.90. The number of esters is 1. The number of rotatable bonds is 4. The number of nitrogen functional groups attached to an aromatic ring is 1. The van der Waals surface area contributed by atoms with Gasteiger partial charge in [-0.1, -0.05) is 11.3 Å². The molecule has 2 rings (SSSR count). The quantitative estimate of drug-likeness (QED) is 0.522. The number of hydrogen-bond acceptors (Lipinski definition) is 8. The maximum atomic E-state index is 11.5. The number of anilines is 1. The number of non-ortho nitro benzene ring substituents is 1. The predicted molar refractivity (Wildman–Crippen MR) is 76.5 cm³/mol. The number of nitrogens with zero attached hydrogens (tertiary/aromatic N) is 2. The van der Waals surface area contributed by atoms with Gasteiger partial charge in [-0.2, -0.15) is 0 Å². The average molecular weight is 309 g/mol. The van der Waals surface area contributed by atoms with Gasteiger partial charge < -0.3 is 15.2 Å². The molecule has 1 heterocycles.